The summed E-state index contributed by atoms with van der Waals surface area (Å²) in [4.78, 5) is 22.8. The lowest BCUT2D eigenvalue weighted by atomic mass is 10.1. The molecule has 0 atom stereocenters. The van der Waals surface area contributed by atoms with Crippen molar-refractivity contribution in [3.05, 3.63) is 70.4 Å². The summed E-state index contributed by atoms with van der Waals surface area (Å²) in [7, 11) is 1.80. The zero-order valence-corrected chi connectivity index (χ0v) is 12.9. The van der Waals surface area contributed by atoms with E-state index in [2.05, 4.69) is 15.5 Å². The van der Waals surface area contributed by atoms with E-state index in [1.54, 1.807) is 53.2 Å². The van der Waals surface area contributed by atoms with Gasteiger partial charge in [0.15, 0.2) is 0 Å². The van der Waals surface area contributed by atoms with Crippen molar-refractivity contribution in [3.8, 4) is 5.69 Å². The highest BCUT2D eigenvalue weighted by Crippen LogP contribution is 2.13. The smallest absolute Gasteiger partial charge is 0.409 e. The molecule has 8 heteroatoms. The average molecular weight is 325 g/mol. The Balaban J connectivity index is 1.90. The van der Waals surface area contributed by atoms with E-state index in [-0.39, 0.29) is 5.43 Å². The summed E-state index contributed by atoms with van der Waals surface area (Å²) in [5.74, 6) is 0. The monoisotopic (exact) mass is 325 g/mol. The van der Waals surface area contributed by atoms with Crippen LogP contribution in [0.2, 0.25) is 0 Å². The topological polar surface area (TPSA) is 102 Å². The maximum Gasteiger partial charge on any atom is 0.409 e. The molecule has 3 rings (SSSR count). The molecule has 1 aromatic carbocycles. The molecule has 1 amide bonds. The van der Waals surface area contributed by atoms with Crippen LogP contribution >= 0.6 is 0 Å². The van der Waals surface area contributed by atoms with Crippen molar-refractivity contribution in [2.45, 2.75) is 6.42 Å². The molecule has 24 heavy (non-hydrogen) atoms. The molecular formula is C16H15N5O3. The van der Waals surface area contributed by atoms with Crippen molar-refractivity contribution >= 4 is 11.8 Å². The van der Waals surface area contributed by atoms with Gasteiger partial charge in [0.1, 0.15) is 11.4 Å². The molecule has 0 saturated heterocycles. The fourth-order valence-corrected chi connectivity index (χ4v) is 2.32. The van der Waals surface area contributed by atoms with E-state index in [9.17, 15) is 9.59 Å². The van der Waals surface area contributed by atoms with E-state index in [0.717, 1.165) is 11.3 Å². The fraction of sp³-hybridized carbons (Fsp3) is 0.125. The molecule has 0 bridgehead atoms. The van der Waals surface area contributed by atoms with E-state index in [4.69, 9.17) is 5.11 Å². The summed E-state index contributed by atoms with van der Waals surface area (Å²) >= 11 is 0. The first-order valence-corrected chi connectivity index (χ1v) is 7.18. The number of carbonyl (C=O) groups is 1. The van der Waals surface area contributed by atoms with Gasteiger partial charge in [-0.1, -0.05) is 12.1 Å². The third kappa shape index (κ3) is 3.49. The second-order valence-corrected chi connectivity index (χ2v) is 5.25. The average Bonchev–Trinajstić information content (AvgIpc) is 2.96. The SMILES string of the molecule is Cn1cc(-n2ccc(=O)c(Cc3cccc(NC(=O)O)c3)n2)cn1. The minimum Gasteiger partial charge on any atom is -0.465 e. The zero-order chi connectivity index (χ0) is 17.1. The molecule has 0 radical (unpaired) electrons. The first-order chi connectivity index (χ1) is 11.5. The van der Waals surface area contributed by atoms with Crippen molar-refractivity contribution in [1.29, 1.82) is 0 Å². The molecule has 0 aliphatic carbocycles. The number of amides is 1. The molecule has 8 nitrogen and oxygen atoms in total. The molecule has 122 valence electrons. The van der Waals surface area contributed by atoms with Crippen LogP contribution in [-0.2, 0) is 13.5 Å². The molecule has 0 saturated carbocycles. The third-order valence-corrected chi connectivity index (χ3v) is 3.39. The van der Waals surface area contributed by atoms with Gasteiger partial charge in [-0.2, -0.15) is 10.2 Å². The van der Waals surface area contributed by atoms with Crippen LogP contribution in [0.4, 0.5) is 10.5 Å². The molecule has 2 heterocycles. The molecule has 0 unspecified atom stereocenters. The fourth-order valence-electron chi connectivity index (χ4n) is 2.32. The Morgan fingerprint density at radius 3 is 2.88 bits per heavy atom. The number of carboxylic acid groups (broad SMARTS) is 1. The highest BCUT2D eigenvalue weighted by molar-refractivity contribution is 5.82. The van der Waals surface area contributed by atoms with Crippen molar-refractivity contribution in [2.75, 3.05) is 5.32 Å². The van der Waals surface area contributed by atoms with Gasteiger partial charge in [-0.3, -0.25) is 14.8 Å². The van der Waals surface area contributed by atoms with Crippen LogP contribution in [0.25, 0.3) is 5.69 Å². The van der Waals surface area contributed by atoms with Gasteiger partial charge in [0.05, 0.1) is 12.4 Å². The number of aryl methyl sites for hydroxylation is 1. The molecule has 2 aromatic heterocycles. The Labute approximate surface area is 137 Å². The predicted molar refractivity (Wildman–Crippen MR) is 87.5 cm³/mol. The molecule has 0 fully saturated rings. The van der Waals surface area contributed by atoms with Gasteiger partial charge in [-0.25, -0.2) is 9.48 Å². The Bertz CT molecular complexity index is 945. The van der Waals surface area contributed by atoms with Gasteiger partial charge in [-0.05, 0) is 17.7 Å². The standard InChI is InChI=1S/C16H15N5O3/c1-20-10-13(9-17-20)21-6-5-15(22)14(19-21)8-11-3-2-4-12(7-11)18-16(23)24/h2-7,9-10,18H,8H2,1H3,(H,23,24). The summed E-state index contributed by atoms with van der Waals surface area (Å²) in [6.45, 7) is 0. The number of rotatable bonds is 4. The van der Waals surface area contributed by atoms with Crippen LogP contribution in [0.1, 0.15) is 11.3 Å². The second kappa shape index (κ2) is 6.37. The quantitative estimate of drug-likeness (QED) is 0.759. The number of anilines is 1. The Hall–Kier alpha value is -3.42. The first kappa shape index (κ1) is 15.5. The number of nitrogens with zero attached hydrogens (tertiary/aromatic N) is 4. The summed E-state index contributed by atoms with van der Waals surface area (Å²) in [6.07, 6.45) is 4.20. The van der Waals surface area contributed by atoms with Crippen molar-refractivity contribution < 1.29 is 9.90 Å². The summed E-state index contributed by atoms with van der Waals surface area (Å²) in [5.41, 5.74) is 2.18. The number of hydrogen-bond donors (Lipinski definition) is 2. The van der Waals surface area contributed by atoms with Crippen molar-refractivity contribution in [1.82, 2.24) is 19.6 Å². The zero-order valence-electron chi connectivity index (χ0n) is 12.9. The van der Waals surface area contributed by atoms with Gasteiger partial charge < -0.3 is 5.11 Å². The number of hydrogen-bond acceptors (Lipinski definition) is 4. The molecule has 2 N–H and O–H groups in total. The third-order valence-electron chi connectivity index (χ3n) is 3.39. The van der Waals surface area contributed by atoms with E-state index in [1.165, 1.54) is 6.07 Å². The van der Waals surface area contributed by atoms with E-state index in [1.807, 2.05) is 6.07 Å². The predicted octanol–water partition coefficient (Wildman–Crippen LogP) is 1.65. The van der Waals surface area contributed by atoms with Gasteiger partial charge in [0.2, 0.25) is 5.43 Å². The number of benzene rings is 1. The molecule has 3 aromatic rings. The van der Waals surface area contributed by atoms with Crippen LogP contribution in [0.3, 0.4) is 0 Å². The first-order valence-electron chi connectivity index (χ1n) is 7.18. The molecule has 0 spiro atoms. The second-order valence-electron chi connectivity index (χ2n) is 5.25. The van der Waals surface area contributed by atoms with E-state index < -0.39 is 6.09 Å². The Kier molecular flexibility index (Phi) is 4.11. The summed E-state index contributed by atoms with van der Waals surface area (Å²) in [5, 5.41) is 19.5. The van der Waals surface area contributed by atoms with Crippen molar-refractivity contribution in [3.63, 3.8) is 0 Å². The van der Waals surface area contributed by atoms with Crippen LogP contribution in [-0.4, -0.2) is 30.8 Å². The highest BCUT2D eigenvalue weighted by atomic mass is 16.4. The molecule has 0 aliphatic heterocycles. The Morgan fingerprint density at radius 1 is 1.33 bits per heavy atom. The largest absolute Gasteiger partial charge is 0.465 e. The summed E-state index contributed by atoms with van der Waals surface area (Å²) in [6, 6.07) is 8.31. The number of nitrogens with one attached hydrogen (secondary N) is 1. The van der Waals surface area contributed by atoms with Gasteiger partial charge in [-0.15, -0.1) is 0 Å². The van der Waals surface area contributed by atoms with Gasteiger partial charge in [0, 0.05) is 31.4 Å². The normalized spacial score (nSPS) is 10.5. The van der Waals surface area contributed by atoms with E-state index in [0.29, 0.717) is 17.8 Å². The number of aromatic nitrogens is 4. The van der Waals surface area contributed by atoms with Crippen molar-refractivity contribution in [2.24, 2.45) is 7.05 Å². The van der Waals surface area contributed by atoms with Crippen LogP contribution < -0.4 is 10.7 Å². The lowest BCUT2D eigenvalue weighted by molar-refractivity contribution is 0.210. The maximum atomic E-state index is 12.1. The van der Waals surface area contributed by atoms with Gasteiger partial charge >= 0.3 is 6.09 Å². The lowest BCUT2D eigenvalue weighted by Crippen LogP contribution is -2.16. The molecule has 0 aliphatic rings. The van der Waals surface area contributed by atoms with Crippen LogP contribution in [0.15, 0.2) is 53.7 Å². The highest BCUT2D eigenvalue weighted by Gasteiger charge is 2.07. The minimum atomic E-state index is -1.14. The Morgan fingerprint density at radius 2 is 2.17 bits per heavy atom. The lowest BCUT2D eigenvalue weighted by Gasteiger charge is -2.07. The van der Waals surface area contributed by atoms with Gasteiger partial charge in [0.25, 0.3) is 0 Å². The molecular weight excluding hydrogens is 310 g/mol. The summed E-state index contributed by atoms with van der Waals surface area (Å²) < 4.78 is 3.24. The minimum absolute atomic E-state index is 0.174. The maximum absolute atomic E-state index is 12.1. The van der Waals surface area contributed by atoms with Crippen LogP contribution in [0, 0.1) is 0 Å². The van der Waals surface area contributed by atoms with Crippen LogP contribution in [0.5, 0.6) is 0 Å². The van der Waals surface area contributed by atoms with E-state index >= 15 is 0 Å².